The van der Waals surface area contributed by atoms with Crippen LogP contribution in [-0.2, 0) is 7.05 Å². The third-order valence-corrected chi connectivity index (χ3v) is 2.79. The Morgan fingerprint density at radius 1 is 1.29 bits per heavy atom. The van der Waals surface area contributed by atoms with Crippen LogP contribution in [-0.4, -0.2) is 19.5 Å². The highest BCUT2D eigenvalue weighted by Crippen LogP contribution is 2.25. The fourth-order valence-electron chi connectivity index (χ4n) is 2.00. The monoisotopic (exact) mass is 231 g/mol. The molecule has 2 heterocycles. The van der Waals surface area contributed by atoms with Crippen molar-refractivity contribution in [3.63, 3.8) is 0 Å². The van der Waals surface area contributed by atoms with Crippen molar-refractivity contribution in [3.05, 3.63) is 23.8 Å². The van der Waals surface area contributed by atoms with Crippen LogP contribution in [0.1, 0.15) is 31.0 Å². The summed E-state index contributed by atoms with van der Waals surface area (Å²) in [5, 5.41) is 0. The van der Waals surface area contributed by atoms with Gasteiger partial charge in [-0.05, 0) is 12.8 Å². The van der Waals surface area contributed by atoms with Crippen molar-refractivity contribution in [1.29, 1.82) is 0 Å². The molecule has 2 N–H and O–H groups in total. The van der Waals surface area contributed by atoms with Crippen molar-refractivity contribution in [2.75, 3.05) is 5.73 Å². The molecule has 0 amide bonds. The zero-order valence-corrected chi connectivity index (χ0v) is 10.6. The lowest BCUT2D eigenvalue weighted by atomic mass is 10.0. The number of aryl methyl sites for hydroxylation is 2. The van der Waals surface area contributed by atoms with Crippen LogP contribution in [0.15, 0.2) is 12.5 Å². The molecule has 0 fully saturated rings. The maximum Gasteiger partial charge on any atom is 0.180 e. The molecular formula is C12H17N5. The van der Waals surface area contributed by atoms with Gasteiger partial charge >= 0.3 is 0 Å². The Balaban J connectivity index is 2.57. The number of hydrogen-bond donors (Lipinski definition) is 1. The Labute approximate surface area is 101 Å². The van der Waals surface area contributed by atoms with E-state index in [0.29, 0.717) is 17.6 Å². The highest BCUT2D eigenvalue weighted by molar-refractivity contribution is 5.55. The molecule has 2 rings (SSSR count). The number of hydrogen-bond acceptors (Lipinski definition) is 4. The quantitative estimate of drug-likeness (QED) is 0.856. The number of imidazole rings is 1. The molecule has 0 aromatic carbocycles. The number of rotatable bonds is 2. The molecule has 0 radical (unpaired) electrons. The molecule has 0 bridgehead atoms. The van der Waals surface area contributed by atoms with E-state index in [9.17, 15) is 0 Å². The number of nitrogen functional groups attached to an aromatic ring is 1. The van der Waals surface area contributed by atoms with E-state index < -0.39 is 0 Å². The second-order valence-corrected chi connectivity index (χ2v) is 4.48. The summed E-state index contributed by atoms with van der Waals surface area (Å²) in [4.78, 5) is 12.9. The Morgan fingerprint density at radius 3 is 2.47 bits per heavy atom. The minimum atomic E-state index is 0.329. The van der Waals surface area contributed by atoms with Crippen LogP contribution < -0.4 is 5.73 Å². The van der Waals surface area contributed by atoms with E-state index in [-0.39, 0.29) is 0 Å². The zero-order valence-electron chi connectivity index (χ0n) is 10.6. The first-order chi connectivity index (χ1) is 8.00. The number of nitrogens with zero attached hydrogens (tertiary/aromatic N) is 4. The molecule has 90 valence electrons. The molecule has 0 unspecified atom stereocenters. The Hall–Kier alpha value is -1.91. The van der Waals surface area contributed by atoms with E-state index in [1.807, 2.05) is 18.5 Å². The van der Waals surface area contributed by atoms with Crippen molar-refractivity contribution >= 4 is 5.82 Å². The summed E-state index contributed by atoms with van der Waals surface area (Å²) in [6.45, 7) is 6.14. The van der Waals surface area contributed by atoms with Crippen molar-refractivity contribution in [2.45, 2.75) is 26.7 Å². The van der Waals surface area contributed by atoms with Crippen LogP contribution in [0.3, 0.4) is 0 Å². The number of nitrogens with two attached hydrogens (primary N) is 1. The molecule has 17 heavy (non-hydrogen) atoms. The van der Waals surface area contributed by atoms with Crippen LogP contribution in [0.2, 0.25) is 0 Å². The number of aromatic nitrogens is 4. The third kappa shape index (κ3) is 2.00. The van der Waals surface area contributed by atoms with Crippen LogP contribution in [0.5, 0.6) is 0 Å². The molecule has 0 aliphatic carbocycles. The molecular weight excluding hydrogens is 214 g/mol. The fourth-order valence-corrected chi connectivity index (χ4v) is 2.00. The molecule has 0 spiro atoms. The van der Waals surface area contributed by atoms with Crippen molar-refractivity contribution in [1.82, 2.24) is 19.5 Å². The van der Waals surface area contributed by atoms with Gasteiger partial charge in [-0.2, -0.15) is 0 Å². The van der Waals surface area contributed by atoms with Gasteiger partial charge in [0.25, 0.3) is 0 Å². The second-order valence-electron chi connectivity index (χ2n) is 4.48. The normalized spacial score (nSPS) is 11.1. The molecule has 0 saturated heterocycles. The summed E-state index contributed by atoms with van der Waals surface area (Å²) >= 11 is 0. The predicted molar refractivity (Wildman–Crippen MR) is 67.5 cm³/mol. The zero-order chi connectivity index (χ0) is 12.6. The van der Waals surface area contributed by atoms with E-state index in [0.717, 1.165) is 17.0 Å². The van der Waals surface area contributed by atoms with Crippen molar-refractivity contribution < 1.29 is 0 Å². The van der Waals surface area contributed by atoms with E-state index in [2.05, 4.69) is 28.8 Å². The lowest BCUT2D eigenvalue weighted by molar-refractivity contribution is 0.831. The van der Waals surface area contributed by atoms with Gasteiger partial charge in [-0.3, -0.25) is 0 Å². The SMILES string of the molecule is Cc1nc(-c2cncn2C)nc(N)c1C(C)C. The largest absolute Gasteiger partial charge is 0.383 e. The average Bonchev–Trinajstić information content (AvgIpc) is 2.62. The standard InChI is InChI=1S/C12H17N5/c1-7(2)10-8(3)15-12(16-11(10)13)9-5-14-6-17(9)4/h5-7H,1-4H3,(H2,13,15,16). The van der Waals surface area contributed by atoms with Gasteiger partial charge in [-0.15, -0.1) is 0 Å². The van der Waals surface area contributed by atoms with Crippen molar-refractivity contribution in [3.8, 4) is 11.5 Å². The first-order valence-corrected chi connectivity index (χ1v) is 5.61. The van der Waals surface area contributed by atoms with E-state index in [1.54, 1.807) is 12.5 Å². The summed E-state index contributed by atoms with van der Waals surface area (Å²) in [7, 11) is 1.91. The Bertz CT molecular complexity index is 519. The molecule has 0 aliphatic rings. The first kappa shape index (κ1) is 11.6. The van der Waals surface area contributed by atoms with Crippen molar-refractivity contribution in [2.24, 2.45) is 7.05 Å². The van der Waals surface area contributed by atoms with Gasteiger partial charge in [0.1, 0.15) is 11.5 Å². The predicted octanol–water partition coefficient (Wildman–Crippen LogP) is 1.89. The molecule has 2 aromatic rings. The van der Waals surface area contributed by atoms with Gasteiger partial charge in [0.05, 0.1) is 12.5 Å². The van der Waals surface area contributed by atoms with Crippen LogP contribution in [0.4, 0.5) is 5.82 Å². The minimum absolute atomic E-state index is 0.329. The van der Waals surface area contributed by atoms with E-state index >= 15 is 0 Å². The first-order valence-electron chi connectivity index (χ1n) is 5.61. The summed E-state index contributed by atoms with van der Waals surface area (Å²) in [6, 6.07) is 0. The van der Waals surface area contributed by atoms with E-state index in [4.69, 9.17) is 5.73 Å². The van der Waals surface area contributed by atoms with Crippen LogP contribution >= 0.6 is 0 Å². The highest BCUT2D eigenvalue weighted by Gasteiger charge is 2.14. The molecule has 0 saturated carbocycles. The second kappa shape index (κ2) is 4.16. The minimum Gasteiger partial charge on any atom is -0.383 e. The molecule has 0 aliphatic heterocycles. The average molecular weight is 231 g/mol. The summed E-state index contributed by atoms with van der Waals surface area (Å²) in [5.41, 5.74) is 8.83. The topological polar surface area (TPSA) is 69.6 Å². The lowest BCUT2D eigenvalue weighted by Crippen LogP contribution is -2.07. The summed E-state index contributed by atoms with van der Waals surface area (Å²) in [6.07, 6.45) is 3.46. The van der Waals surface area contributed by atoms with Crippen LogP contribution in [0.25, 0.3) is 11.5 Å². The summed E-state index contributed by atoms with van der Waals surface area (Å²) in [5.74, 6) is 1.52. The van der Waals surface area contributed by atoms with Gasteiger partial charge in [0.2, 0.25) is 0 Å². The molecule has 5 nitrogen and oxygen atoms in total. The molecule has 0 atom stereocenters. The fraction of sp³-hybridized carbons (Fsp3) is 0.417. The van der Waals surface area contributed by atoms with Crippen LogP contribution in [0, 0.1) is 6.92 Å². The third-order valence-electron chi connectivity index (χ3n) is 2.79. The maximum absolute atomic E-state index is 6.00. The maximum atomic E-state index is 6.00. The Kier molecular flexibility index (Phi) is 2.83. The number of anilines is 1. The molecule has 2 aromatic heterocycles. The van der Waals surface area contributed by atoms with Gasteiger partial charge < -0.3 is 10.3 Å². The molecule has 5 heteroatoms. The van der Waals surface area contributed by atoms with E-state index in [1.165, 1.54) is 0 Å². The highest BCUT2D eigenvalue weighted by atomic mass is 15.1. The Morgan fingerprint density at radius 2 is 2.00 bits per heavy atom. The van der Waals surface area contributed by atoms with Gasteiger partial charge in [0, 0.05) is 18.3 Å². The van der Waals surface area contributed by atoms with Gasteiger partial charge in [0.15, 0.2) is 5.82 Å². The van der Waals surface area contributed by atoms with Gasteiger partial charge in [-0.25, -0.2) is 15.0 Å². The summed E-state index contributed by atoms with van der Waals surface area (Å²) < 4.78 is 1.88. The smallest absolute Gasteiger partial charge is 0.180 e. The lowest BCUT2D eigenvalue weighted by Gasteiger charge is -2.13. The van der Waals surface area contributed by atoms with Gasteiger partial charge in [-0.1, -0.05) is 13.8 Å².